The quantitative estimate of drug-likeness (QED) is 0.674. The molecule has 0 radical (unpaired) electrons. The van der Waals surface area contributed by atoms with Crippen LogP contribution in [0.15, 0.2) is 72.8 Å². The minimum absolute atomic E-state index is 0.0658. The van der Waals surface area contributed by atoms with Crippen molar-refractivity contribution >= 4 is 11.6 Å². The van der Waals surface area contributed by atoms with E-state index < -0.39 is 0 Å². The zero-order chi connectivity index (χ0) is 18.4. The van der Waals surface area contributed by atoms with Crippen LogP contribution in [0.25, 0.3) is 0 Å². The van der Waals surface area contributed by atoms with Crippen molar-refractivity contribution < 1.29 is 14.3 Å². The summed E-state index contributed by atoms with van der Waals surface area (Å²) in [5.74, 6) is 1.76. The minimum Gasteiger partial charge on any atom is -0.483 e. The van der Waals surface area contributed by atoms with E-state index in [1.165, 1.54) is 0 Å². The fraction of sp³-hybridized carbons (Fsp3) is 0.136. The van der Waals surface area contributed by atoms with Gasteiger partial charge in [-0.3, -0.25) is 4.79 Å². The Morgan fingerprint density at radius 2 is 1.50 bits per heavy atom. The Hall–Kier alpha value is -3.27. The van der Waals surface area contributed by atoms with Gasteiger partial charge in [0.2, 0.25) is 0 Å². The fourth-order valence-electron chi connectivity index (χ4n) is 2.44. The number of amides is 1. The Morgan fingerprint density at radius 1 is 0.846 bits per heavy atom. The fourth-order valence-corrected chi connectivity index (χ4v) is 2.44. The Kier molecular flexibility index (Phi) is 5.54. The van der Waals surface area contributed by atoms with Crippen molar-refractivity contribution in [1.29, 1.82) is 0 Å². The molecule has 0 aliphatic heterocycles. The molecular weight excluding hydrogens is 326 g/mol. The SMILES string of the molecule is Cc1ccc(Oc2ccccc2NC(=O)COc2ccccc2C)cc1. The zero-order valence-corrected chi connectivity index (χ0v) is 14.9. The van der Waals surface area contributed by atoms with Crippen molar-refractivity contribution in [2.24, 2.45) is 0 Å². The van der Waals surface area contributed by atoms with Crippen LogP contribution < -0.4 is 14.8 Å². The molecule has 3 rings (SSSR count). The first-order chi connectivity index (χ1) is 12.6. The molecule has 0 heterocycles. The number of benzene rings is 3. The van der Waals surface area contributed by atoms with Gasteiger partial charge in [-0.05, 0) is 49.7 Å². The van der Waals surface area contributed by atoms with Crippen LogP contribution in [0.2, 0.25) is 0 Å². The Balaban J connectivity index is 1.65. The summed E-state index contributed by atoms with van der Waals surface area (Å²) in [4.78, 5) is 12.3. The Morgan fingerprint density at radius 3 is 2.23 bits per heavy atom. The lowest BCUT2D eigenvalue weighted by atomic mass is 10.2. The molecule has 1 N–H and O–H groups in total. The zero-order valence-electron chi connectivity index (χ0n) is 14.9. The monoisotopic (exact) mass is 347 g/mol. The molecule has 4 heteroatoms. The van der Waals surface area contributed by atoms with Crippen molar-refractivity contribution in [2.45, 2.75) is 13.8 Å². The number of hydrogen-bond acceptors (Lipinski definition) is 3. The molecule has 0 fully saturated rings. The summed E-state index contributed by atoms with van der Waals surface area (Å²) in [5.41, 5.74) is 2.75. The number of ether oxygens (including phenoxy) is 2. The van der Waals surface area contributed by atoms with Gasteiger partial charge >= 0.3 is 0 Å². The summed E-state index contributed by atoms with van der Waals surface area (Å²) in [6.45, 7) is 3.90. The van der Waals surface area contributed by atoms with E-state index >= 15 is 0 Å². The number of para-hydroxylation sites is 3. The molecule has 0 bridgehead atoms. The van der Waals surface area contributed by atoms with Crippen LogP contribution in [-0.4, -0.2) is 12.5 Å². The number of rotatable bonds is 6. The molecule has 0 saturated heterocycles. The maximum absolute atomic E-state index is 12.3. The standard InChI is InChI=1S/C22H21NO3/c1-16-11-13-18(14-12-16)26-21-10-6-4-8-19(21)23-22(24)15-25-20-9-5-3-7-17(20)2/h3-14H,15H2,1-2H3,(H,23,24). The first-order valence-corrected chi connectivity index (χ1v) is 8.43. The number of hydrogen-bond donors (Lipinski definition) is 1. The van der Waals surface area contributed by atoms with Crippen LogP contribution in [0.3, 0.4) is 0 Å². The summed E-state index contributed by atoms with van der Waals surface area (Å²) < 4.78 is 11.5. The van der Waals surface area contributed by atoms with Crippen molar-refractivity contribution in [3.63, 3.8) is 0 Å². The third-order valence-corrected chi connectivity index (χ3v) is 3.86. The molecule has 0 saturated carbocycles. The molecule has 4 nitrogen and oxygen atoms in total. The highest BCUT2D eigenvalue weighted by molar-refractivity contribution is 5.93. The maximum atomic E-state index is 12.3. The average Bonchev–Trinajstić information content (AvgIpc) is 2.64. The topological polar surface area (TPSA) is 47.6 Å². The largest absolute Gasteiger partial charge is 0.483 e. The second-order valence-electron chi connectivity index (χ2n) is 6.01. The molecule has 1 amide bonds. The summed E-state index contributed by atoms with van der Waals surface area (Å²) in [7, 11) is 0. The normalized spacial score (nSPS) is 10.2. The predicted molar refractivity (Wildman–Crippen MR) is 103 cm³/mol. The van der Waals surface area contributed by atoms with Crippen molar-refractivity contribution in [3.05, 3.63) is 83.9 Å². The molecule has 0 aliphatic rings. The van der Waals surface area contributed by atoms with Gasteiger partial charge in [0.05, 0.1) is 5.69 Å². The van der Waals surface area contributed by atoms with E-state index in [1.807, 2.05) is 80.6 Å². The van der Waals surface area contributed by atoms with Gasteiger partial charge in [-0.25, -0.2) is 0 Å². The molecule has 0 aromatic heterocycles. The maximum Gasteiger partial charge on any atom is 0.262 e. The van der Waals surface area contributed by atoms with Gasteiger partial charge in [-0.1, -0.05) is 48.0 Å². The highest BCUT2D eigenvalue weighted by atomic mass is 16.5. The Labute approximate surface area is 153 Å². The predicted octanol–water partition coefficient (Wildman–Crippen LogP) is 5.11. The summed E-state index contributed by atoms with van der Waals surface area (Å²) in [5, 5.41) is 2.84. The van der Waals surface area contributed by atoms with Crippen LogP contribution >= 0.6 is 0 Å². The van der Waals surface area contributed by atoms with E-state index in [0.717, 1.165) is 11.1 Å². The van der Waals surface area contributed by atoms with E-state index in [-0.39, 0.29) is 12.5 Å². The molecule has 3 aromatic rings. The summed E-state index contributed by atoms with van der Waals surface area (Å²) in [6, 6.07) is 22.7. The lowest BCUT2D eigenvalue weighted by Crippen LogP contribution is -2.20. The number of anilines is 1. The molecule has 132 valence electrons. The van der Waals surface area contributed by atoms with Gasteiger partial charge in [-0.2, -0.15) is 0 Å². The highest BCUT2D eigenvalue weighted by Gasteiger charge is 2.10. The van der Waals surface area contributed by atoms with Gasteiger partial charge in [-0.15, -0.1) is 0 Å². The van der Waals surface area contributed by atoms with E-state index in [2.05, 4.69) is 5.32 Å². The van der Waals surface area contributed by atoms with Crippen molar-refractivity contribution in [2.75, 3.05) is 11.9 Å². The third-order valence-electron chi connectivity index (χ3n) is 3.86. The van der Waals surface area contributed by atoms with Gasteiger partial charge < -0.3 is 14.8 Å². The van der Waals surface area contributed by atoms with Crippen LogP contribution in [0.1, 0.15) is 11.1 Å². The first-order valence-electron chi connectivity index (χ1n) is 8.43. The number of carbonyl (C=O) groups excluding carboxylic acids is 1. The minimum atomic E-state index is -0.242. The second-order valence-corrected chi connectivity index (χ2v) is 6.01. The van der Waals surface area contributed by atoms with Gasteiger partial charge in [0, 0.05) is 0 Å². The highest BCUT2D eigenvalue weighted by Crippen LogP contribution is 2.29. The van der Waals surface area contributed by atoms with Crippen LogP contribution in [0.5, 0.6) is 17.2 Å². The van der Waals surface area contributed by atoms with Gasteiger partial charge in [0.1, 0.15) is 11.5 Å². The van der Waals surface area contributed by atoms with Crippen LogP contribution in [0.4, 0.5) is 5.69 Å². The van der Waals surface area contributed by atoms with E-state index in [9.17, 15) is 4.79 Å². The van der Waals surface area contributed by atoms with Gasteiger partial charge in [0.25, 0.3) is 5.91 Å². The van der Waals surface area contributed by atoms with E-state index in [0.29, 0.717) is 22.9 Å². The summed E-state index contributed by atoms with van der Waals surface area (Å²) >= 11 is 0. The molecule has 0 aliphatic carbocycles. The van der Waals surface area contributed by atoms with Crippen LogP contribution in [-0.2, 0) is 4.79 Å². The Bertz CT molecular complexity index is 888. The average molecular weight is 347 g/mol. The molecule has 0 spiro atoms. The molecule has 0 unspecified atom stereocenters. The van der Waals surface area contributed by atoms with Crippen molar-refractivity contribution in [1.82, 2.24) is 0 Å². The van der Waals surface area contributed by atoms with E-state index in [1.54, 1.807) is 6.07 Å². The van der Waals surface area contributed by atoms with E-state index in [4.69, 9.17) is 9.47 Å². The lowest BCUT2D eigenvalue weighted by Gasteiger charge is -2.13. The molecule has 0 atom stereocenters. The number of nitrogens with one attached hydrogen (secondary N) is 1. The number of aryl methyl sites for hydroxylation is 2. The first kappa shape index (κ1) is 17.5. The van der Waals surface area contributed by atoms with Crippen molar-refractivity contribution in [3.8, 4) is 17.2 Å². The third kappa shape index (κ3) is 4.63. The van der Waals surface area contributed by atoms with Gasteiger partial charge in [0.15, 0.2) is 12.4 Å². The van der Waals surface area contributed by atoms with Crippen LogP contribution in [0, 0.1) is 13.8 Å². The molecule has 26 heavy (non-hydrogen) atoms. The molecule has 3 aromatic carbocycles. The second kappa shape index (κ2) is 8.21. The number of carbonyl (C=O) groups is 1. The lowest BCUT2D eigenvalue weighted by molar-refractivity contribution is -0.118. The molecular formula is C22H21NO3. The smallest absolute Gasteiger partial charge is 0.262 e. The summed E-state index contributed by atoms with van der Waals surface area (Å²) in [6.07, 6.45) is 0.